The molecule has 5 N–H and O–H groups in total. The molecule has 0 bridgehead atoms. The van der Waals surface area contributed by atoms with Crippen LogP contribution in [0.4, 0.5) is 5.82 Å². The predicted molar refractivity (Wildman–Crippen MR) is 101 cm³/mol. The first-order valence-corrected chi connectivity index (χ1v) is 9.98. The zero-order valence-corrected chi connectivity index (χ0v) is 15.6. The highest BCUT2D eigenvalue weighted by Crippen LogP contribution is 2.29. The third-order valence-electron chi connectivity index (χ3n) is 4.36. The Morgan fingerprint density at radius 3 is 2.64 bits per heavy atom. The lowest BCUT2D eigenvalue weighted by Crippen LogP contribution is -2.36. The Balaban J connectivity index is 1.66. The molecule has 1 aliphatic carbocycles. The van der Waals surface area contributed by atoms with Gasteiger partial charge < -0.3 is 15.5 Å². The molecule has 1 aliphatic rings. The molecule has 1 fully saturated rings. The van der Waals surface area contributed by atoms with E-state index in [1.807, 2.05) is 30.3 Å². The third kappa shape index (κ3) is 5.48. The van der Waals surface area contributed by atoms with Crippen LogP contribution in [0.25, 0.3) is 0 Å². The molecule has 0 amide bonds. The first-order chi connectivity index (χ1) is 13.3. The maximum atomic E-state index is 10.9. The SMILES string of the molecule is NS(=O)(=O)OC[C@H]1C[C@@H](Nc2cc(C#Cc3ccccc3)ncn2)[C@H](O)[C@@H]1O. The van der Waals surface area contributed by atoms with Crippen molar-refractivity contribution in [1.82, 2.24) is 9.97 Å². The van der Waals surface area contributed by atoms with E-state index < -0.39 is 34.5 Å². The predicted octanol–water partition coefficient (Wildman–Crippen LogP) is -0.381. The van der Waals surface area contributed by atoms with Gasteiger partial charge in [0.25, 0.3) is 0 Å². The summed E-state index contributed by atoms with van der Waals surface area (Å²) in [4.78, 5) is 8.20. The molecule has 1 aromatic heterocycles. The molecule has 3 rings (SSSR count). The fourth-order valence-electron chi connectivity index (χ4n) is 2.97. The average molecular weight is 404 g/mol. The number of nitrogens with zero attached hydrogens (tertiary/aromatic N) is 2. The maximum absolute atomic E-state index is 10.9. The van der Waals surface area contributed by atoms with Crippen LogP contribution in [0.3, 0.4) is 0 Å². The smallest absolute Gasteiger partial charge is 0.333 e. The minimum Gasteiger partial charge on any atom is -0.390 e. The number of benzene rings is 1. The third-order valence-corrected chi connectivity index (χ3v) is 4.82. The zero-order valence-electron chi connectivity index (χ0n) is 14.8. The van der Waals surface area contributed by atoms with E-state index in [0.717, 1.165) is 5.56 Å². The summed E-state index contributed by atoms with van der Waals surface area (Å²) in [6.45, 7) is -0.313. The van der Waals surface area contributed by atoms with Gasteiger partial charge in [0.05, 0.1) is 18.8 Å². The summed E-state index contributed by atoms with van der Waals surface area (Å²) in [5.41, 5.74) is 1.34. The van der Waals surface area contributed by atoms with Crippen molar-refractivity contribution in [3.63, 3.8) is 0 Å². The molecule has 0 radical (unpaired) electrons. The van der Waals surface area contributed by atoms with E-state index in [9.17, 15) is 18.6 Å². The summed E-state index contributed by atoms with van der Waals surface area (Å²) < 4.78 is 26.4. The van der Waals surface area contributed by atoms with Crippen molar-refractivity contribution in [2.75, 3.05) is 11.9 Å². The van der Waals surface area contributed by atoms with Crippen LogP contribution in [0, 0.1) is 17.8 Å². The molecule has 28 heavy (non-hydrogen) atoms. The molecule has 4 atom stereocenters. The molecule has 0 aliphatic heterocycles. The van der Waals surface area contributed by atoms with Crippen molar-refractivity contribution < 1.29 is 22.8 Å². The number of aliphatic hydroxyl groups excluding tert-OH is 2. The Kier molecular flexibility index (Phi) is 6.23. The van der Waals surface area contributed by atoms with E-state index in [0.29, 0.717) is 11.5 Å². The van der Waals surface area contributed by atoms with Crippen LogP contribution in [0.1, 0.15) is 17.7 Å². The highest BCUT2D eigenvalue weighted by molar-refractivity contribution is 7.84. The number of hydrogen-bond donors (Lipinski definition) is 4. The second-order valence-electron chi connectivity index (χ2n) is 6.41. The topological polar surface area (TPSA) is 148 Å². The molecule has 1 aromatic carbocycles. The summed E-state index contributed by atoms with van der Waals surface area (Å²) in [6, 6.07) is 10.5. The zero-order chi connectivity index (χ0) is 20.1. The van der Waals surface area contributed by atoms with Crippen LogP contribution in [-0.2, 0) is 14.5 Å². The van der Waals surface area contributed by atoms with Gasteiger partial charge in [-0.1, -0.05) is 24.1 Å². The van der Waals surface area contributed by atoms with E-state index in [1.54, 1.807) is 6.07 Å². The number of aromatic nitrogens is 2. The Morgan fingerprint density at radius 2 is 1.93 bits per heavy atom. The van der Waals surface area contributed by atoms with Gasteiger partial charge in [0.15, 0.2) is 0 Å². The first kappa shape index (κ1) is 20.2. The van der Waals surface area contributed by atoms with Gasteiger partial charge in [-0.15, -0.1) is 0 Å². The van der Waals surface area contributed by atoms with E-state index in [4.69, 9.17) is 5.14 Å². The lowest BCUT2D eigenvalue weighted by molar-refractivity contribution is 0.00778. The van der Waals surface area contributed by atoms with Crippen LogP contribution in [-0.4, -0.2) is 53.5 Å². The van der Waals surface area contributed by atoms with Crippen molar-refractivity contribution in [3.8, 4) is 11.8 Å². The fraction of sp³-hybridized carbons (Fsp3) is 0.333. The molecule has 0 unspecified atom stereocenters. The summed E-state index contributed by atoms with van der Waals surface area (Å²) in [5, 5.41) is 28.1. The van der Waals surface area contributed by atoms with E-state index >= 15 is 0 Å². The summed E-state index contributed by atoms with van der Waals surface area (Å²) in [5.74, 6) is 5.77. The number of nitrogens with two attached hydrogens (primary N) is 1. The molecule has 10 heteroatoms. The van der Waals surface area contributed by atoms with E-state index in [2.05, 4.69) is 31.3 Å². The van der Waals surface area contributed by atoms with Crippen LogP contribution in [0.15, 0.2) is 42.7 Å². The number of nitrogens with one attached hydrogen (secondary N) is 1. The van der Waals surface area contributed by atoms with Crippen molar-refractivity contribution in [2.24, 2.45) is 11.1 Å². The molecule has 148 valence electrons. The average Bonchev–Trinajstić information content (AvgIpc) is 2.93. The van der Waals surface area contributed by atoms with Gasteiger partial charge >= 0.3 is 10.3 Å². The monoisotopic (exact) mass is 404 g/mol. The summed E-state index contributed by atoms with van der Waals surface area (Å²) >= 11 is 0. The second-order valence-corrected chi connectivity index (χ2v) is 7.63. The Bertz CT molecular complexity index is 974. The van der Waals surface area contributed by atoms with E-state index in [1.165, 1.54) is 6.33 Å². The van der Waals surface area contributed by atoms with Gasteiger partial charge in [-0.3, -0.25) is 4.18 Å². The molecular formula is C18H20N4O5S. The largest absolute Gasteiger partial charge is 0.390 e. The standard InChI is InChI=1S/C18H20N4O5S/c19-28(25,26)27-10-13-8-15(18(24)17(13)23)22-16-9-14(20-11-21-16)7-6-12-4-2-1-3-5-12/h1-5,9,11,13,15,17-18,23-24H,8,10H2,(H2,19,25,26)(H,20,21,22)/t13-,15-,17-,18+/m1/s1. The normalized spacial score (nSPS) is 24.4. The fourth-order valence-corrected chi connectivity index (χ4v) is 3.33. The van der Waals surface area contributed by atoms with Gasteiger partial charge in [0.2, 0.25) is 0 Å². The highest BCUT2D eigenvalue weighted by atomic mass is 32.2. The van der Waals surface area contributed by atoms with Crippen LogP contribution >= 0.6 is 0 Å². The Morgan fingerprint density at radius 1 is 1.18 bits per heavy atom. The quantitative estimate of drug-likeness (QED) is 0.493. The van der Waals surface area contributed by atoms with Crippen molar-refractivity contribution in [2.45, 2.75) is 24.7 Å². The first-order valence-electron chi connectivity index (χ1n) is 8.51. The van der Waals surface area contributed by atoms with Crippen LogP contribution in [0.2, 0.25) is 0 Å². The Labute approximate surface area is 162 Å². The number of hydrogen-bond acceptors (Lipinski definition) is 8. The summed E-state index contributed by atoms with van der Waals surface area (Å²) in [7, 11) is -4.11. The van der Waals surface area contributed by atoms with Gasteiger partial charge in [-0.2, -0.15) is 8.42 Å². The molecule has 1 heterocycles. The molecular weight excluding hydrogens is 384 g/mol. The van der Waals surface area contributed by atoms with Gasteiger partial charge in [0, 0.05) is 17.5 Å². The van der Waals surface area contributed by atoms with Crippen LogP contribution in [0.5, 0.6) is 0 Å². The number of rotatable bonds is 5. The van der Waals surface area contributed by atoms with Crippen LogP contribution < -0.4 is 10.5 Å². The maximum Gasteiger partial charge on any atom is 0.333 e. The lowest BCUT2D eigenvalue weighted by Gasteiger charge is -2.18. The molecule has 2 aromatic rings. The van der Waals surface area contributed by atoms with Crippen molar-refractivity contribution >= 4 is 16.1 Å². The number of aliphatic hydroxyl groups is 2. The minimum atomic E-state index is -4.11. The van der Waals surface area contributed by atoms with Crippen molar-refractivity contribution in [3.05, 3.63) is 54.0 Å². The van der Waals surface area contributed by atoms with Gasteiger partial charge in [0.1, 0.15) is 23.9 Å². The lowest BCUT2D eigenvalue weighted by atomic mass is 10.1. The highest BCUT2D eigenvalue weighted by Gasteiger charge is 2.42. The molecule has 9 nitrogen and oxygen atoms in total. The van der Waals surface area contributed by atoms with E-state index in [-0.39, 0.29) is 13.0 Å². The molecule has 0 spiro atoms. The molecule has 1 saturated carbocycles. The summed E-state index contributed by atoms with van der Waals surface area (Å²) in [6.07, 6.45) is -0.662. The van der Waals surface area contributed by atoms with Gasteiger partial charge in [-0.25, -0.2) is 15.1 Å². The van der Waals surface area contributed by atoms with Gasteiger partial charge in [-0.05, 0) is 24.5 Å². The van der Waals surface area contributed by atoms with Crippen molar-refractivity contribution in [1.29, 1.82) is 0 Å². The minimum absolute atomic E-state index is 0.271. The Hall–Kier alpha value is -2.55. The molecule has 0 saturated heterocycles. The number of anilines is 1. The second kappa shape index (κ2) is 8.64.